The maximum atomic E-state index is 13.5. The van der Waals surface area contributed by atoms with Crippen molar-refractivity contribution in [2.75, 3.05) is 0 Å². The Morgan fingerprint density at radius 3 is 2.71 bits per heavy atom. The van der Waals surface area contributed by atoms with Crippen LogP contribution in [0.15, 0.2) is 24.3 Å². The molecule has 0 radical (unpaired) electrons. The van der Waals surface area contributed by atoms with Gasteiger partial charge in [-0.3, -0.25) is 10.2 Å². The van der Waals surface area contributed by atoms with E-state index < -0.39 is 0 Å². The SMILES string of the molecule is CC(C)C(=O)NC1C(c2cccc(F)c2)NNC1C1CC1. The molecule has 114 valence electrons. The Morgan fingerprint density at radius 1 is 1.33 bits per heavy atom. The predicted octanol–water partition coefficient (Wildman–Crippen LogP) is 1.89. The lowest BCUT2D eigenvalue weighted by atomic mass is 9.93. The summed E-state index contributed by atoms with van der Waals surface area (Å²) < 4.78 is 13.5. The number of benzene rings is 1. The van der Waals surface area contributed by atoms with Gasteiger partial charge in [0.05, 0.1) is 12.1 Å². The zero-order chi connectivity index (χ0) is 15.0. The van der Waals surface area contributed by atoms with Crippen molar-refractivity contribution in [3.8, 4) is 0 Å². The minimum atomic E-state index is -0.252. The van der Waals surface area contributed by atoms with Crippen LogP contribution in [0.5, 0.6) is 0 Å². The Morgan fingerprint density at radius 2 is 2.10 bits per heavy atom. The zero-order valence-electron chi connectivity index (χ0n) is 12.4. The molecule has 3 atom stereocenters. The van der Waals surface area contributed by atoms with Gasteiger partial charge in [0.2, 0.25) is 5.91 Å². The highest BCUT2D eigenvalue weighted by molar-refractivity contribution is 5.78. The number of hydrogen-bond acceptors (Lipinski definition) is 3. The van der Waals surface area contributed by atoms with Gasteiger partial charge in [0, 0.05) is 12.0 Å². The maximum absolute atomic E-state index is 13.5. The van der Waals surface area contributed by atoms with Gasteiger partial charge in [-0.05, 0) is 36.5 Å². The van der Waals surface area contributed by atoms with E-state index >= 15 is 0 Å². The lowest BCUT2D eigenvalue weighted by Crippen LogP contribution is -2.47. The van der Waals surface area contributed by atoms with Gasteiger partial charge in [-0.2, -0.15) is 0 Å². The van der Waals surface area contributed by atoms with Crippen molar-refractivity contribution in [1.82, 2.24) is 16.2 Å². The molecule has 1 heterocycles. The molecule has 1 aromatic rings. The number of amides is 1. The molecule has 1 aliphatic heterocycles. The average molecular weight is 291 g/mol. The highest BCUT2D eigenvalue weighted by Crippen LogP contribution is 2.38. The molecule has 1 saturated carbocycles. The van der Waals surface area contributed by atoms with Crippen LogP contribution in [0.25, 0.3) is 0 Å². The Hall–Kier alpha value is -1.46. The van der Waals surface area contributed by atoms with E-state index in [0.29, 0.717) is 5.92 Å². The number of hydrazine groups is 1. The van der Waals surface area contributed by atoms with Crippen LogP contribution in [-0.2, 0) is 4.79 Å². The van der Waals surface area contributed by atoms with Crippen molar-refractivity contribution in [2.45, 2.75) is 44.8 Å². The predicted molar refractivity (Wildman–Crippen MR) is 78.7 cm³/mol. The van der Waals surface area contributed by atoms with Gasteiger partial charge in [-0.1, -0.05) is 26.0 Å². The standard InChI is InChI=1S/C16H22FN3O/c1-9(2)16(21)18-15-13(10-6-7-10)19-20-14(15)11-4-3-5-12(17)8-11/h3-5,8-10,13-15,19-20H,6-7H2,1-2H3,(H,18,21). The van der Waals surface area contributed by atoms with E-state index in [1.54, 1.807) is 6.07 Å². The van der Waals surface area contributed by atoms with Gasteiger partial charge >= 0.3 is 0 Å². The third-order valence-electron chi connectivity index (χ3n) is 4.32. The van der Waals surface area contributed by atoms with Crippen LogP contribution in [0, 0.1) is 17.7 Å². The quantitative estimate of drug-likeness (QED) is 0.794. The third-order valence-corrected chi connectivity index (χ3v) is 4.32. The molecule has 2 fully saturated rings. The van der Waals surface area contributed by atoms with Gasteiger partial charge in [-0.15, -0.1) is 0 Å². The number of halogens is 1. The number of hydrogen-bond donors (Lipinski definition) is 3. The molecule has 0 bridgehead atoms. The molecule has 0 spiro atoms. The normalized spacial score (nSPS) is 28.9. The van der Waals surface area contributed by atoms with Gasteiger partial charge in [0.1, 0.15) is 5.82 Å². The van der Waals surface area contributed by atoms with Gasteiger partial charge in [0.15, 0.2) is 0 Å². The van der Waals surface area contributed by atoms with Crippen molar-refractivity contribution >= 4 is 5.91 Å². The fourth-order valence-electron chi connectivity index (χ4n) is 2.93. The molecule has 4 nitrogen and oxygen atoms in total. The van der Waals surface area contributed by atoms with Crippen LogP contribution in [0.3, 0.4) is 0 Å². The molecule has 2 aliphatic rings. The summed E-state index contributed by atoms with van der Waals surface area (Å²) in [6.07, 6.45) is 2.37. The van der Waals surface area contributed by atoms with Gasteiger partial charge < -0.3 is 5.32 Å². The summed E-state index contributed by atoms with van der Waals surface area (Å²) in [5, 5.41) is 3.13. The number of nitrogens with one attached hydrogen (secondary N) is 3. The molecule has 1 amide bonds. The highest BCUT2D eigenvalue weighted by Gasteiger charge is 2.45. The van der Waals surface area contributed by atoms with Crippen molar-refractivity contribution in [2.24, 2.45) is 11.8 Å². The van der Waals surface area contributed by atoms with Crippen molar-refractivity contribution < 1.29 is 9.18 Å². The summed E-state index contributed by atoms with van der Waals surface area (Å²) >= 11 is 0. The molecule has 5 heteroatoms. The molecule has 21 heavy (non-hydrogen) atoms. The third kappa shape index (κ3) is 3.09. The molecule has 1 aliphatic carbocycles. The van der Waals surface area contributed by atoms with Crippen LogP contribution < -0.4 is 16.2 Å². The number of carbonyl (C=O) groups is 1. The monoisotopic (exact) mass is 291 g/mol. The molecule has 3 unspecified atom stereocenters. The Labute approximate surface area is 124 Å². The van der Waals surface area contributed by atoms with Crippen molar-refractivity contribution in [3.05, 3.63) is 35.6 Å². The van der Waals surface area contributed by atoms with Crippen molar-refractivity contribution in [3.63, 3.8) is 0 Å². The fraction of sp³-hybridized carbons (Fsp3) is 0.562. The van der Waals surface area contributed by atoms with Crippen molar-refractivity contribution in [1.29, 1.82) is 0 Å². The van der Waals surface area contributed by atoms with Gasteiger partial charge in [0.25, 0.3) is 0 Å². The first-order chi connectivity index (χ1) is 10.1. The molecule has 1 aromatic carbocycles. The summed E-state index contributed by atoms with van der Waals surface area (Å²) in [4.78, 5) is 12.1. The second-order valence-electron chi connectivity index (χ2n) is 6.37. The van der Waals surface area contributed by atoms with Crippen LogP contribution in [0.1, 0.15) is 38.3 Å². The van der Waals surface area contributed by atoms with E-state index in [0.717, 1.165) is 5.56 Å². The van der Waals surface area contributed by atoms with E-state index in [2.05, 4.69) is 16.2 Å². The first-order valence-corrected chi connectivity index (χ1v) is 7.63. The van der Waals surface area contributed by atoms with E-state index in [-0.39, 0.29) is 35.8 Å². The van der Waals surface area contributed by atoms with E-state index in [1.807, 2.05) is 19.9 Å². The Kier molecular flexibility index (Phi) is 3.95. The molecule has 3 rings (SSSR count). The van der Waals surface area contributed by atoms with E-state index in [4.69, 9.17) is 0 Å². The van der Waals surface area contributed by atoms with Crippen LogP contribution >= 0.6 is 0 Å². The summed E-state index contributed by atoms with van der Waals surface area (Å²) in [6, 6.07) is 6.63. The zero-order valence-corrected chi connectivity index (χ0v) is 12.4. The average Bonchev–Trinajstić information content (AvgIpc) is 3.20. The van der Waals surface area contributed by atoms with E-state index in [1.165, 1.54) is 25.0 Å². The minimum Gasteiger partial charge on any atom is -0.350 e. The lowest BCUT2D eigenvalue weighted by Gasteiger charge is -2.25. The van der Waals surface area contributed by atoms with Crippen LogP contribution in [0.4, 0.5) is 4.39 Å². The fourth-order valence-corrected chi connectivity index (χ4v) is 2.93. The largest absolute Gasteiger partial charge is 0.350 e. The number of rotatable bonds is 4. The molecular formula is C16H22FN3O. The summed E-state index contributed by atoms with van der Waals surface area (Å²) in [6.45, 7) is 3.77. The van der Waals surface area contributed by atoms with Gasteiger partial charge in [-0.25, -0.2) is 9.82 Å². The molecule has 0 aromatic heterocycles. The highest BCUT2D eigenvalue weighted by atomic mass is 19.1. The summed E-state index contributed by atoms with van der Waals surface area (Å²) in [5.41, 5.74) is 7.39. The second kappa shape index (κ2) is 5.73. The molecular weight excluding hydrogens is 269 g/mol. The first-order valence-electron chi connectivity index (χ1n) is 7.63. The van der Waals surface area contributed by atoms with E-state index in [9.17, 15) is 9.18 Å². The smallest absolute Gasteiger partial charge is 0.222 e. The lowest BCUT2D eigenvalue weighted by molar-refractivity contribution is -0.124. The summed E-state index contributed by atoms with van der Waals surface area (Å²) in [7, 11) is 0. The first kappa shape index (κ1) is 14.5. The van der Waals surface area contributed by atoms with Crippen LogP contribution in [0.2, 0.25) is 0 Å². The Bertz CT molecular complexity index is 530. The minimum absolute atomic E-state index is 0.0394. The maximum Gasteiger partial charge on any atom is 0.222 e. The Balaban J connectivity index is 1.82. The van der Waals surface area contributed by atoms with Crippen LogP contribution in [-0.4, -0.2) is 18.0 Å². The second-order valence-corrected chi connectivity index (χ2v) is 6.37. The number of carbonyl (C=O) groups excluding carboxylic acids is 1. The summed E-state index contributed by atoms with van der Waals surface area (Å²) in [5.74, 6) is 0.322. The molecule has 3 N–H and O–H groups in total. The molecule has 1 saturated heterocycles. The topological polar surface area (TPSA) is 53.2 Å².